The summed E-state index contributed by atoms with van der Waals surface area (Å²) in [5.41, 5.74) is 1.18. The molecule has 3 nitrogen and oxygen atoms in total. The molecule has 0 aliphatic heterocycles. The molecule has 0 aliphatic carbocycles. The zero-order valence-electron chi connectivity index (χ0n) is 11.0. The van der Waals surface area contributed by atoms with E-state index < -0.39 is 11.6 Å². The maximum atomic E-state index is 13.8. The molecule has 0 radical (unpaired) electrons. The molecule has 1 aromatic carbocycles. The molecule has 102 valence electrons. The number of aromatic nitrogens is 2. The van der Waals surface area contributed by atoms with Gasteiger partial charge in [0.15, 0.2) is 11.6 Å². The van der Waals surface area contributed by atoms with Crippen molar-refractivity contribution in [2.75, 3.05) is 6.54 Å². The molecule has 0 aliphatic rings. The molecule has 2 aromatic rings. The Balaban J connectivity index is 2.26. The maximum Gasteiger partial charge on any atom is 0.163 e. The molecular weight excluding hydrogens is 248 g/mol. The van der Waals surface area contributed by atoms with Gasteiger partial charge in [-0.2, -0.15) is 5.10 Å². The van der Waals surface area contributed by atoms with Gasteiger partial charge in [-0.05, 0) is 18.7 Å². The van der Waals surface area contributed by atoms with Crippen LogP contribution in [-0.4, -0.2) is 16.3 Å². The van der Waals surface area contributed by atoms with Crippen LogP contribution in [-0.2, 0) is 13.5 Å². The van der Waals surface area contributed by atoms with E-state index in [-0.39, 0.29) is 6.04 Å². The van der Waals surface area contributed by atoms with E-state index in [9.17, 15) is 8.78 Å². The van der Waals surface area contributed by atoms with E-state index in [1.807, 2.05) is 26.2 Å². The van der Waals surface area contributed by atoms with Crippen molar-refractivity contribution < 1.29 is 8.78 Å². The minimum Gasteiger partial charge on any atom is -0.310 e. The van der Waals surface area contributed by atoms with Crippen molar-refractivity contribution in [3.8, 4) is 0 Å². The second-order valence-corrected chi connectivity index (χ2v) is 4.44. The quantitative estimate of drug-likeness (QED) is 0.900. The Morgan fingerprint density at radius 3 is 2.74 bits per heavy atom. The first-order valence-corrected chi connectivity index (χ1v) is 6.27. The van der Waals surface area contributed by atoms with E-state index in [1.54, 1.807) is 10.7 Å². The van der Waals surface area contributed by atoms with Crippen molar-refractivity contribution in [2.45, 2.75) is 19.4 Å². The van der Waals surface area contributed by atoms with Crippen LogP contribution in [0.4, 0.5) is 8.78 Å². The molecule has 0 fully saturated rings. The lowest BCUT2D eigenvalue weighted by atomic mass is 10.0. The first-order valence-electron chi connectivity index (χ1n) is 6.27. The highest BCUT2D eigenvalue weighted by molar-refractivity contribution is 5.24. The Hall–Kier alpha value is -1.75. The molecular formula is C14H17F2N3. The van der Waals surface area contributed by atoms with Gasteiger partial charge in [0, 0.05) is 31.3 Å². The monoisotopic (exact) mass is 265 g/mol. The average Bonchev–Trinajstić information content (AvgIpc) is 2.78. The van der Waals surface area contributed by atoms with E-state index in [1.165, 1.54) is 6.07 Å². The number of halogens is 2. The molecule has 1 N–H and O–H groups in total. The van der Waals surface area contributed by atoms with Crippen LogP contribution >= 0.6 is 0 Å². The molecule has 1 atom stereocenters. The minimum absolute atomic E-state index is 0.282. The summed E-state index contributed by atoms with van der Waals surface area (Å²) in [6.07, 6.45) is 2.36. The largest absolute Gasteiger partial charge is 0.310 e. The van der Waals surface area contributed by atoms with E-state index in [0.717, 1.165) is 11.8 Å². The van der Waals surface area contributed by atoms with Gasteiger partial charge in [0.05, 0.1) is 5.69 Å². The Bertz CT molecular complexity index is 551. The normalized spacial score (nSPS) is 12.6. The number of aryl methyl sites for hydroxylation is 1. The topological polar surface area (TPSA) is 29.9 Å². The second-order valence-electron chi connectivity index (χ2n) is 4.44. The van der Waals surface area contributed by atoms with Crippen molar-refractivity contribution in [1.82, 2.24) is 15.1 Å². The van der Waals surface area contributed by atoms with Crippen molar-refractivity contribution in [3.63, 3.8) is 0 Å². The highest BCUT2D eigenvalue weighted by Gasteiger charge is 2.18. The van der Waals surface area contributed by atoms with Gasteiger partial charge in [-0.15, -0.1) is 0 Å². The molecule has 1 heterocycles. The molecule has 0 saturated heterocycles. The van der Waals surface area contributed by atoms with E-state index >= 15 is 0 Å². The van der Waals surface area contributed by atoms with Crippen LogP contribution in [0.2, 0.25) is 0 Å². The molecule has 0 bridgehead atoms. The zero-order valence-corrected chi connectivity index (χ0v) is 11.0. The summed E-state index contributed by atoms with van der Waals surface area (Å²) in [7, 11) is 1.83. The lowest BCUT2D eigenvalue weighted by Gasteiger charge is -2.18. The third kappa shape index (κ3) is 3.17. The summed E-state index contributed by atoms with van der Waals surface area (Å²) in [5.74, 6) is -1.61. The Kier molecular flexibility index (Phi) is 4.27. The van der Waals surface area contributed by atoms with Crippen LogP contribution in [0, 0.1) is 11.6 Å². The van der Waals surface area contributed by atoms with Crippen molar-refractivity contribution in [1.29, 1.82) is 0 Å². The van der Waals surface area contributed by atoms with Crippen LogP contribution in [0.3, 0.4) is 0 Å². The second kappa shape index (κ2) is 5.93. The number of rotatable bonds is 5. The van der Waals surface area contributed by atoms with Crippen molar-refractivity contribution in [3.05, 3.63) is 53.4 Å². The summed E-state index contributed by atoms with van der Waals surface area (Å²) in [5, 5.41) is 7.44. The van der Waals surface area contributed by atoms with Crippen molar-refractivity contribution >= 4 is 0 Å². The highest BCUT2D eigenvalue weighted by atomic mass is 19.2. The van der Waals surface area contributed by atoms with Gasteiger partial charge in [-0.1, -0.05) is 19.1 Å². The van der Waals surface area contributed by atoms with Crippen LogP contribution in [0.15, 0.2) is 30.5 Å². The third-order valence-corrected chi connectivity index (χ3v) is 2.99. The van der Waals surface area contributed by atoms with Gasteiger partial charge in [0.25, 0.3) is 0 Å². The van der Waals surface area contributed by atoms with Gasteiger partial charge in [0.2, 0.25) is 0 Å². The van der Waals surface area contributed by atoms with E-state index in [4.69, 9.17) is 0 Å². The van der Waals surface area contributed by atoms with E-state index in [2.05, 4.69) is 10.4 Å². The molecule has 1 aromatic heterocycles. The summed E-state index contributed by atoms with van der Waals surface area (Å²) in [4.78, 5) is 0. The van der Waals surface area contributed by atoms with Crippen LogP contribution < -0.4 is 5.32 Å². The summed E-state index contributed by atoms with van der Waals surface area (Å²) in [6, 6.07) is 5.85. The predicted octanol–water partition coefficient (Wildman–Crippen LogP) is 2.59. The predicted molar refractivity (Wildman–Crippen MR) is 69.7 cm³/mol. The number of benzene rings is 1. The van der Waals surface area contributed by atoms with Crippen LogP contribution in [0.1, 0.15) is 24.2 Å². The summed E-state index contributed by atoms with van der Waals surface area (Å²) in [6.45, 7) is 2.61. The van der Waals surface area contributed by atoms with Crippen molar-refractivity contribution in [2.24, 2.45) is 7.05 Å². The Morgan fingerprint density at radius 1 is 1.32 bits per heavy atom. The molecule has 19 heavy (non-hydrogen) atoms. The molecule has 0 spiro atoms. The van der Waals surface area contributed by atoms with Gasteiger partial charge in [-0.25, -0.2) is 8.78 Å². The first-order chi connectivity index (χ1) is 9.11. The lowest BCUT2D eigenvalue weighted by molar-refractivity contribution is 0.462. The average molecular weight is 265 g/mol. The zero-order chi connectivity index (χ0) is 13.8. The highest BCUT2D eigenvalue weighted by Crippen LogP contribution is 2.22. The number of hydrogen-bond donors (Lipinski definition) is 1. The molecule has 0 saturated carbocycles. The Morgan fingerprint density at radius 2 is 2.11 bits per heavy atom. The fourth-order valence-electron chi connectivity index (χ4n) is 2.11. The van der Waals surface area contributed by atoms with Crippen LogP contribution in [0.25, 0.3) is 0 Å². The number of nitrogens with zero attached hydrogens (tertiary/aromatic N) is 2. The maximum absolute atomic E-state index is 13.8. The number of hydrogen-bond acceptors (Lipinski definition) is 2. The standard InChI is InChI=1S/C14H17F2N3/c1-3-17-13(9-10-7-8-19(2)18-10)11-5-4-6-12(15)14(11)16/h4-8,13,17H,3,9H2,1-2H3. The fraction of sp³-hybridized carbons (Fsp3) is 0.357. The van der Waals surface area contributed by atoms with Crippen LogP contribution in [0.5, 0.6) is 0 Å². The van der Waals surface area contributed by atoms with E-state index in [0.29, 0.717) is 18.5 Å². The smallest absolute Gasteiger partial charge is 0.163 e. The number of nitrogens with one attached hydrogen (secondary N) is 1. The first kappa shape index (κ1) is 13.7. The number of likely N-dealkylation sites (N-methyl/N-ethyl adjacent to an activating group) is 1. The summed E-state index contributed by atoms with van der Waals surface area (Å²) >= 11 is 0. The molecule has 1 unspecified atom stereocenters. The van der Waals surface area contributed by atoms with Gasteiger partial charge < -0.3 is 5.32 Å². The lowest BCUT2D eigenvalue weighted by Crippen LogP contribution is -2.24. The third-order valence-electron chi connectivity index (χ3n) is 2.99. The SMILES string of the molecule is CCNC(Cc1ccn(C)n1)c1cccc(F)c1F. The van der Waals surface area contributed by atoms with Gasteiger partial charge in [0.1, 0.15) is 0 Å². The molecule has 5 heteroatoms. The summed E-state index contributed by atoms with van der Waals surface area (Å²) < 4.78 is 28.8. The Labute approximate surface area is 111 Å². The molecule has 2 rings (SSSR count). The van der Waals surface area contributed by atoms with Gasteiger partial charge >= 0.3 is 0 Å². The molecule has 0 amide bonds. The fourth-order valence-corrected chi connectivity index (χ4v) is 2.11. The minimum atomic E-state index is -0.818. The van der Waals surface area contributed by atoms with Gasteiger partial charge in [-0.3, -0.25) is 4.68 Å².